The molecule has 4 rings (SSSR count). The van der Waals surface area contributed by atoms with Crippen molar-refractivity contribution < 1.29 is 14.2 Å². The number of hydrogen-bond acceptors (Lipinski definition) is 7. The molecule has 34 heavy (non-hydrogen) atoms. The Labute approximate surface area is 207 Å². The van der Waals surface area contributed by atoms with E-state index in [1.54, 1.807) is 38.2 Å². The fourth-order valence-electron chi connectivity index (χ4n) is 3.20. The van der Waals surface area contributed by atoms with Crippen molar-refractivity contribution in [1.82, 2.24) is 24.7 Å². The van der Waals surface area contributed by atoms with Crippen molar-refractivity contribution in [3.8, 4) is 0 Å². The van der Waals surface area contributed by atoms with E-state index in [0.29, 0.717) is 33.6 Å². The summed E-state index contributed by atoms with van der Waals surface area (Å²) in [7, 11) is 0. The molecule has 1 N–H and O–H groups in total. The van der Waals surface area contributed by atoms with E-state index >= 15 is 0 Å². The van der Waals surface area contributed by atoms with E-state index in [2.05, 4.69) is 20.7 Å². The molecule has 0 aliphatic heterocycles. The summed E-state index contributed by atoms with van der Waals surface area (Å²) in [6, 6.07) is 6.43. The number of nitrogens with zero attached hydrogens (tertiary/aromatic N) is 6. The molecule has 14 heteroatoms. The molecule has 3 heterocycles. The number of carbonyl (C=O) groups excluding carboxylic acids is 1. The number of benzene rings is 1. The average Bonchev–Trinajstić information content (AvgIpc) is 3.43. The van der Waals surface area contributed by atoms with Crippen molar-refractivity contribution in [2.75, 3.05) is 5.32 Å². The lowest BCUT2D eigenvalue weighted by Gasteiger charge is -2.05. The third kappa shape index (κ3) is 4.91. The fraction of sp³-hybridized carbons (Fsp3) is 0.200. The van der Waals surface area contributed by atoms with Gasteiger partial charge in [0, 0.05) is 16.2 Å². The molecule has 0 unspecified atom stereocenters. The molecule has 1 amide bonds. The summed E-state index contributed by atoms with van der Waals surface area (Å²) in [5, 5.41) is 26.9. The summed E-state index contributed by atoms with van der Waals surface area (Å²) in [5.74, 6) is -0.412. The average molecular weight is 525 g/mol. The summed E-state index contributed by atoms with van der Waals surface area (Å²) in [4.78, 5) is 23.3. The minimum Gasteiger partial charge on any atom is -0.361 e. The number of aromatic nitrogens is 5. The van der Waals surface area contributed by atoms with Crippen LogP contribution in [0.1, 0.15) is 33.1 Å². The van der Waals surface area contributed by atoms with Crippen molar-refractivity contribution in [1.29, 1.82) is 0 Å². The number of rotatable bonds is 7. The van der Waals surface area contributed by atoms with E-state index in [-0.39, 0.29) is 28.9 Å². The Kier molecular flexibility index (Phi) is 6.60. The molecule has 0 radical (unpaired) electrons. The molecule has 0 aliphatic rings. The molecule has 11 nitrogen and oxygen atoms in total. The van der Waals surface area contributed by atoms with E-state index < -0.39 is 10.8 Å². The van der Waals surface area contributed by atoms with Crippen molar-refractivity contribution in [2.45, 2.75) is 26.9 Å². The van der Waals surface area contributed by atoms with Gasteiger partial charge in [-0.25, -0.2) is 0 Å². The van der Waals surface area contributed by atoms with E-state index in [1.165, 1.54) is 15.4 Å². The van der Waals surface area contributed by atoms with Gasteiger partial charge in [-0.2, -0.15) is 9.78 Å². The molecular formula is C20H16Cl3N7O4. The van der Waals surface area contributed by atoms with Gasteiger partial charge in [0.2, 0.25) is 0 Å². The summed E-state index contributed by atoms with van der Waals surface area (Å²) in [6.07, 6.45) is 1.54. The van der Waals surface area contributed by atoms with Crippen LogP contribution >= 0.6 is 34.8 Å². The number of hydrogen-bond donors (Lipinski definition) is 1. The highest BCUT2D eigenvalue weighted by molar-refractivity contribution is 6.35. The van der Waals surface area contributed by atoms with Crippen LogP contribution in [0.15, 0.2) is 35.0 Å². The highest BCUT2D eigenvalue weighted by Gasteiger charge is 2.25. The smallest absolute Gasteiger partial charge is 0.361 e. The van der Waals surface area contributed by atoms with Gasteiger partial charge in [0.05, 0.1) is 35.5 Å². The SMILES string of the molecule is Cc1onc(C(=O)Nc2nn(Cc3ccc(Cl)cc3Cl)cc2Cl)c1Cn1nc([N+](=O)[O-])cc1C. The highest BCUT2D eigenvalue weighted by atomic mass is 35.5. The van der Waals surface area contributed by atoms with Crippen LogP contribution in [0.2, 0.25) is 15.1 Å². The Hall–Kier alpha value is -3.41. The second-order valence-corrected chi connectivity index (χ2v) is 8.59. The second kappa shape index (κ2) is 9.45. The normalized spacial score (nSPS) is 11.1. The molecular weight excluding hydrogens is 509 g/mol. The first kappa shape index (κ1) is 23.7. The van der Waals surface area contributed by atoms with Gasteiger partial charge in [0.15, 0.2) is 11.5 Å². The Morgan fingerprint density at radius 3 is 2.59 bits per heavy atom. The molecule has 0 spiro atoms. The first-order chi connectivity index (χ1) is 16.1. The number of nitrogens with one attached hydrogen (secondary N) is 1. The van der Waals surface area contributed by atoms with Crippen LogP contribution in [0.5, 0.6) is 0 Å². The van der Waals surface area contributed by atoms with Gasteiger partial charge in [-0.1, -0.05) is 46.0 Å². The van der Waals surface area contributed by atoms with Gasteiger partial charge in [0.1, 0.15) is 10.8 Å². The van der Waals surface area contributed by atoms with E-state index in [9.17, 15) is 14.9 Å². The number of carbonyl (C=O) groups is 1. The molecule has 0 saturated carbocycles. The Bertz CT molecular complexity index is 1410. The van der Waals surface area contributed by atoms with Crippen LogP contribution in [0.3, 0.4) is 0 Å². The molecule has 176 valence electrons. The first-order valence-corrected chi connectivity index (χ1v) is 10.9. The number of aryl methyl sites for hydroxylation is 2. The van der Waals surface area contributed by atoms with Crippen molar-refractivity contribution in [3.05, 3.63) is 83.9 Å². The van der Waals surface area contributed by atoms with Crippen LogP contribution in [0.4, 0.5) is 11.6 Å². The lowest BCUT2D eigenvalue weighted by Crippen LogP contribution is -2.17. The predicted molar refractivity (Wildman–Crippen MR) is 125 cm³/mol. The maximum atomic E-state index is 12.9. The van der Waals surface area contributed by atoms with Crippen LogP contribution < -0.4 is 5.32 Å². The van der Waals surface area contributed by atoms with Crippen LogP contribution in [-0.4, -0.2) is 35.5 Å². The first-order valence-electron chi connectivity index (χ1n) is 9.74. The molecule has 4 aromatic rings. The number of halogens is 3. The topological polar surface area (TPSA) is 134 Å². The summed E-state index contributed by atoms with van der Waals surface area (Å²) < 4.78 is 8.11. The Balaban J connectivity index is 1.53. The summed E-state index contributed by atoms with van der Waals surface area (Å²) in [5.41, 5.74) is 1.71. The molecule has 0 atom stereocenters. The highest BCUT2D eigenvalue weighted by Crippen LogP contribution is 2.25. The van der Waals surface area contributed by atoms with Crippen molar-refractivity contribution in [2.24, 2.45) is 0 Å². The number of nitro groups is 1. The molecule has 0 aliphatic carbocycles. The van der Waals surface area contributed by atoms with Crippen molar-refractivity contribution >= 4 is 52.3 Å². The largest absolute Gasteiger partial charge is 0.390 e. The van der Waals surface area contributed by atoms with Gasteiger partial charge < -0.3 is 20.0 Å². The van der Waals surface area contributed by atoms with Crippen LogP contribution in [0, 0.1) is 24.0 Å². The lowest BCUT2D eigenvalue weighted by atomic mass is 10.2. The van der Waals surface area contributed by atoms with E-state index in [1.807, 2.05) is 0 Å². The monoisotopic (exact) mass is 523 g/mol. The lowest BCUT2D eigenvalue weighted by molar-refractivity contribution is -0.389. The minimum atomic E-state index is -0.608. The van der Waals surface area contributed by atoms with Gasteiger partial charge in [-0.3, -0.25) is 9.48 Å². The molecule has 0 fully saturated rings. The van der Waals surface area contributed by atoms with Crippen molar-refractivity contribution in [3.63, 3.8) is 0 Å². The van der Waals surface area contributed by atoms with Gasteiger partial charge >= 0.3 is 5.82 Å². The fourth-order valence-corrected chi connectivity index (χ4v) is 3.87. The Morgan fingerprint density at radius 2 is 1.91 bits per heavy atom. The third-order valence-electron chi connectivity index (χ3n) is 4.96. The molecule has 3 aromatic heterocycles. The number of anilines is 1. The van der Waals surface area contributed by atoms with E-state index in [0.717, 1.165) is 5.56 Å². The summed E-state index contributed by atoms with van der Waals surface area (Å²) in [6.45, 7) is 3.65. The summed E-state index contributed by atoms with van der Waals surface area (Å²) >= 11 is 18.4. The zero-order valence-corrected chi connectivity index (χ0v) is 20.0. The maximum absolute atomic E-state index is 12.9. The zero-order chi connectivity index (χ0) is 24.6. The molecule has 0 saturated heterocycles. The standard InChI is InChI=1S/C20H16Cl3N7O4/c1-10-5-17(30(32)33)25-29(10)8-14-11(2)34-27-18(14)20(31)24-19-16(23)9-28(26-19)7-12-3-4-13(21)6-15(12)22/h3-6,9H,7-8H2,1-2H3,(H,24,26,31). The third-order valence-corrected chi connectivity index (χ3v) is 5.82. The predicted octanol–water partition coefficient (Wildman–Crippen LogP) is 4.90. The van der Waals surface area contributed by atoms with Crippen LogP contribution in [-0.2, 0) is 13.1 Å². The van der Waals surface area contributed by atoms with Gasteiger partial charge in [0.25, 0.3) is 5.91 Å². The van der Waals surface area contributed by atoms with E-state index in [4.69, 9.17) is 39.3 Å². The minimum absolute atomic E-state index is 0.0126. The zero-order valence-electron chi connectivity index (χ0n) is 17.8. The molecule has 0 bridgehead atoms. The van der Waals surface area contributed by atoms with Crippen LogP contribution in [0.25, 0.3) is 0 Å². The van der Waals surface area contributed by atoms with Gasteiger partial charge in [-0.15, -0.1) is 0 Å². The second-order valence-electron chi connectivity index (χ2n) is 7.34. The quantitative estimate of drug-likeness (QED) is 0.268. The maximum Gasteiger partial charge on any atom is 0.390 e. The molecule has 1 aromatic carbocycles. The van der Waals surface area contributed by atoms with Gasteiger partial charge in [-0.05, 0) is 36.5 Å². The number of amides is 1. The Morgan fingerprint density at radius 1 is 1.15 bits per heavy atom.